The lowest BCUT2D eigenvalue weighted by atomic mass is 10.2. The number of β-amino-alcohol motifs (C(OH)–C–C–N with tert-alkyl or cyclic N) is 1. The predicted octanol–water partition coefficient (Wildman–Crippen LogP) is -0.871. The number of rotatable bonds is 4. The van der Waals surface area contributed by atoms with Crippen molar-refractivity contribution in [1.29, 1.82) is 0 Å². The van der Waals surface area contributed by atoms with Crippen molar-refractivity contribution < 1.29 is 24.6 Å². The Balaban J connectivity index is 2.61. The first-order chi connectivity index (χ1) is 9.22. The molecule has 0 bridgehead atoms. The van der Waals surface area contributed by atoms with Gasteiger partial charge < -0.3 is 25.7 Å². The molecule has 1 heterocycles. The lowest BCUT2D eigenvalue weighted by Crippen LogP contribution is -2.53. The molecule has 1 fully saturated rings. The minimum absolute atomic E-state index is 0.00464. The van der Waals surface area contributed by atoms with E-state index in [-0.39, 0.29) is 24.9 Å². The Hall–Kier alpha value is -1.83. The molecule has 0 aliphatic carbocycles. The number of hydrogen-bond acceptors (Lipinski definition) is 4. The van der Waals surface area contributed by atoms with Gasteiger partial charge in [0.25, 0.3) is 0 Å². The zero-order valence-electron chi connectivity index (χ0n) is 11.8. The first-order valence-electron chi connectivity index (χ1n) is 6.50. The van der Waals surface area contributed by atoms with Crippen molar-refractivity contribution in [3.63, 3.8) is 0 Å². The van der Waals surface area contributed by atoms with Crippen LogP contribution in [-0.4, -0.2) is 63.8 Å². The van der Waals surface area contributed by atoms with Gasteiger partial charge in [-0.1, -0.05) is 0 Å². The third-order valence-electron chi connectivity index (χ3n) is 2.99. The van der Waals surface area contributed by atoms with Crippen LogP contribution in [0, 0.1) is 0 Å². The van der Waals surface area contributed by atoms with Gasteiger partial charge in [-0.3, -0.25) is 4.79 Å². The van der Waals surface area contributed by atoms with Crippen LogP contribution in [0.2, 0.25) is 0 Å². The number of carboxylic acid groups (broad SMARTS) is 1. The second-order valence-corrected chi connectivity index (χ2v) is 5.23. The van der Waals surface area contributed by atoms with Gasteiger partial charge in [-0.2, -0.15) is 0 Å². The van der Waals surface area contributed by atoms with Crippen LogP contribution in [0.15, 0.2) is 0 Å². The Kier molecular flexibility index (Phi) is 5.32. The number of likely N-dealkylation sites (tertiary alicyclic amines) is 1. The molecule has 0 aromatic carbocycles. The number of carbonyl (C=O) groups is 3. The normalized spacial score (nSPS) is 23.6. The van der Waals surface area contributed by atoms with Crippen LogP contribution in [0.5, 0.6) is 0 Å². The number of hydrogen-bond donors (Lipinski definition) is 4. The van der Waals surface area contributed by atoms with E-state index in [4.69, 9.17) is 5.11 Å². The van der Waals surface area contributed by atoms with Gasteiger partial charge in [0.05, 0.1) is 6.10 Å². The highest BCUT2D eigenvalue weighted by atomic mass is 16.4. The van der Waals surface area contributed by atoms with Crippen molar-refractivity contribution in [2.75, 3.05) is 6.54 Å². The van der Waals surface area contributed by atoms with Crippen LogP contribution >= 0.6 is 0 Å². The summed E-state index contributed by atoms with van der Waals surface area (Å²) in [6.45, 7) is 5.05. The van der Waals surface area contributed by atoms with Gasteiger partial charge in [0.2, 0.25) is 5.91 Å². The largest absolute Gasteiger partial charge is 0.480 e. The summed E-state index contributed by atoms with van der Waals surface area (Å²) in [6.07, 6.45) is -0.864. The van der Waals surface area contributed by atoms with E-state index in [0.717, 1.165) is 4.90 Å². The molecule has 1 aliphatic rings. The van der Waals surface area contributed by atoms with E-state index in [9.17, 15) is 19.5 Å². The standard InChI is InChI=1S/C12H21N3O5/c1-6(2)13-10(17)7(3)14-12(20)15-5-8(16)4-9(15)11(18)19/h6-9,16H,4-5H2,1-3H3,(H,13,17)(H,14,20)(H,18,19)/t7?,8-,9-/m1/s1. The number of aliphatic carboxylic acids is 1. The monoisotopic (exact) mass is 287 g/mol. The maximum absolute atomic E-state index is 12.0. The van der Waals surface area contributed by atoms with Gasteiger partial charge in [0.1, 0.15) is 12.1 Å². The Morgan fingerprint density at radius 2 is 1.80 bits per heavy atom. The molecule has 0 saturated carbocycles. The number of carbonyl (C=O) groups excluding carboxylic acids is 2. The van der Waals surface area contributed by atoms with E-state index < -0.39 is 30.2 Å². The van der Waals surface area contributed by atoms with E-state index in [1.165, 1.54) is 6.92 Å². The average molecular weight is 287 g/mol. The van der Waals surface area contributed by atoms with E-state index in [0.29, 0.717) is 0 Å². The fourth-order valence-corrected chi connectivity index (χ4v) is 2.02. The van der Waals surface area contributed by atoms with Gasteiger partial charge >= 0.3 is 12.0 Å². The number of aliphatic hydroxyl groups is 1. The van der Waals surface area contributed by atoms with Crippen LogP contribution in [-0.2, 0) is 9.59 Å². The summed E-state index contributed by atoms with van der Waals surface area (Å²) in [5.74, 6) is -1.52. The number of nitrogens with one attached hydrogen (secondary N) is 2. The van der Waals surface area contributed by atoms with Gasteiger partial charge in [0.15, 0.2) is 0 Å². The fourth-order valence-electron chi connectivity index (χ4n) is 2.02. The molecule has 20 heavy (non-hydrogen) atoms. The lowest BCUT2D eigenvalue weighted by Gasteiger charge is -2.24. The molecule has 1 aliphatic heterocycles. The maximum atomic E-state index is 12.0. The SMILES string of the molecule is CC(C)NC(=O)C(C)NC(=O)N1C[C@H](O)C[C@@H]1C(=O)O. The summed E-state index contributed by atoms with van der Waals surface area (Å²) in [6, 6.07) is -2.56. The Labute approximate surface area is 117 Å². The maximum Gasteiger partial charge on any atom is 0.326 e. The van der Waals surface area contributed by atoms with Crippen molar-refractivity contribution in [1.82, 2.24) is 15.5 Å². The van der Waals surface area contributed by atoms with Crippen molar-refractivity contribution in [3.8, 4) is 0 Å². The lowest BCUT2D eigenvalue weighted by molar-refractivity contribution is -0.141. The second-order valence-electron chi connectivity index (χ2n) is 5.23. The van der Waals surface area contributed by atoms with E-state index in [2.05, 4.69) is 10.6 Å². The summed E-state index contributed by atoms with van der Waals surface area (Å²) in [5, 5.41) is 23.5. The molecule has 3 amide bonds. The van der Waals surface area contributed by atoms with Crippen molar-refractivity contribution in [3.05, 3.63) is 0 Å². The summed E-state index contributed by atoms with van der Waals surface area (Å²) >= 11 is 0. The van der Waals surface area contributed by atoms with Gasteiger partial charge in [-0.25, -0.2) is 9.59 Å². The molecule has 0 aromatic rings. The van der Waals surface area contributed by atoms with E-state index >= 15 is 0 Å². The molecule has 1 rings (SSSR count). The molecule has 1 saturated heterocycles. The minimum Gasteiger partial charge on any atom is -0.480 e. The zero-order chi connectivity index (χ0) is 15.4. The highest BCUT2D eigenvalue weighted by molar-refractivity contribution is 5.89. The highest BCUT2D eigenvalue weighted by Crippen LogP contribution is 2.18. The molecule has 4 N–H and O–H groups in total. The fraction of sp³-hybridized carbons (Fsp3) is 0.750. The number of aliphatic hydroxyl groups excluding tert-OH is 1. The molecule has 0 spiro atoms. The first-order valence-corrected chi connectivity index (χ1v) is 6.50. The Morgan fingerprint density at radius 1 is 1.20 bits per heavy atom. The molecule has 0 aromatic heterocycles. The summed E-state index contributed by atoms with van der Waals surface area (Å²) in [4.78, 5) is 35.7. The molecule has 114 valence electrons. The Bertz CT molecular complexity index is 399. The predicted molar refractivity (Wildman–Crippen MR) is 70.0 cm³/mol. The van der Waals surface area contributed by atoms with Gasteiger partial charge in [-0.05, 0) is 20.8 Å². The van der Waals surface area contributed by atoms with Crippen LogP contribution < -0.4 is 10.6 Å². The average Bonchev–Trinajstić information content (AvgIpc) is 2.70. The van der Waals surface area contributed by atoms with Crippen molar-refractivity contribution in [2.45, 2.75) is 51.4 Å². The smallest absolute Gasteiger partial charge is 0.326 e. The quantitative estimate of drug-likeness (QED) is 0.536. The minimum atomic E-state index is -1.17. The first kappa shape index (κ1) is 16.2. The Morgan fingerprint density at radius 3 is 2.30 bits per heavy atom. The van der Waals surface area contributed by atoms with Crippen molar-refractivity contribution in [2.24, 2.45) is 0 Å². The molecule has 8 nitrogen and oxygen atoms in total. The molecule has 8 heteroatoms. The molecular weight excluding hydrogens is 266 g/mol. The van der Waals surface area contributed by atoms with Crippen LogP contribution in [0.1, 0.15) is 27.2 Å². The van der Waals surface area contributed by atoms with Crippen molar-refractivity contribution >= 4 is 17.9 Å². The van der Waals surface area contributed by atoms with Crippen LogP contribution in [0.25, 0.3) is 0 Å². The molecule has 1 unspecified atom stereocenters. The number of carboxylic acids is 1. The third kappa shape index (κ3) is 4.09. The zero-order valence-corrected chi connectivity index (χ0v) is 11.8. The van der Waals surface area contributed by atoms with Crippen LogP contribution in [0.4, 0.5) is 4.79 Å². The molecule has 0 radical (unpaired) electrons. The van der Waals surface area contributed by atoms with Crippen LogP contribution in [0.3, 0.4) is 0 Å². The molecular formula is C12H21N3O5. The number of amides is 3. The summed E-state index contributed by atoms with van der Waals surface area (Å²) in [7, 11) is 0. The number of urea groups is 1. The van der Waals surface area contributed by atoms with Gasteiger partial charge in [0, 0.05) is 19.0 Å². The second kappa shape index (κ2) is 6.56. The number of nitrogens with zero attached hydrogens (tertiary/aromatic N) is 1. The highest BCUT2D eigenvalue weighted by Gasteiger charge is 2.39. The molecule has 3 atom stereocenters. The van der Waals surface area contributed by atoms with E-state index in [1.807, 2.05) is 0 Å². The summed E-state index contributed by atoms with van der Waals surface area (Å²) < 4.78 is 0. The summed E-state index contributed by atoms with van der Waals surface area (Å²) in [5.41, 5.74) is 0. The van der Waals surface area contributed by atoms with Gasteiger partial charge in [-0.15, -0.1) is 0 Å². The third-order valence-corrected chi connectivity index (χ3v) is 2.99. The topological polar surface area (TPSA) is 119 Å². The van der Waals surface area contributed by atoms with E-state index in [1.54, 1.807) is 13.8 Å².